The Bertz CT molecular complexity index is 927. The third-order valence-corrected chi connectivity index (χ3v) is 10.9. The number of ether oxygens (including phenoxy) is 3. The zero-order valence-electron chi connectivity index (χ0n) is 38.1. The Labute approximate surface area is 353 Å². The molecule has 0 saturated carbocycles. The molecule has 0 fully saturated rings. The van der Waals surface area contributed by atoms with Gasteiger partial charge in [0.25, 0.3) is 0 Å². The Hall–Kier alpha value is -2.11. The van der Waals surface area contributed by atoms with Crippen molar-refractivity contribution in [1.82, 2.24) is 0 Å². The van der Waals surface area contributed by atoms with Gasteiger partial charge < -0.3 is 14.2 Å². The van der Waals surface area contributed by atoms with Crippen LogP contribution in [0.25, 0.3) is 0 Å². The maximum Gasteiger partial charge on any atom is 0.306 e. The highest BCUT2D eigenvalue weighted by atomic mass is 16.6. The summed E-state index contributed by atoms with van der Waals surface area (Å²) >= 11 is 0. The van der Waals surface area contributed by atoms with Crippen molar-refractivity contribution in [2.45, 2.75) is 271 Å². The average molecular weight is 803 g/mol. The van der Waals surface area contributed by atoms with Crippen molar-refractivity contribution in [3.8, 4) is 0 Å². The second-order valence-electron chi connectivity index (χ2n) is 16.7. The predicted octanol–water partition coefficient (Wildman–Crippen LogP) is 16.0. The standard InChI is InChI=1S/C51H94O6/c1-4-7-10-13-16-19-22-24-25-26-27-30-32-35-38-41-44-50(53)56-47-48(46-55-49(52)43-40-37-34-31-28-21-18-15-12-9-6-3)57-51(54)45-42-39-36-33-29-23-20-17-14-11-8-5-2/h17,20,25-26,48H,4-16,18-19,21-24,27-47H2,1-3H3/b20-17-,26-25-/t48-/m1/s1. The van der Waals surface area contributed by atoms with Crippen LogP contribution in [0, 0.1) is 0 Å². The van der Waals surface area contributed by atoms with Crippen LogP contribution in [0.15, 0.2) is 24.3 Å². The molecule has 334 valence electrons. The highest BCUT2D eigenvalue weighted by Crippen LogP contribution is 2.15. The maximum absolute atomic E-state index is 12.7. The summed E-state index contributed by atoms with van der Waals surface area (Å²) in [6, 6.07) is 0. The third kappa shape index (κ3) is 44.8. The molecule has 0 aliphatic heterocycles. The fourth-order valence-corrected chi connectivity index (χ4v) is 7.14. The molecule has 1 atom stereocenters. The molecule has 0 heterocycles. The van der Waals surface area contributed by atoms with Crippen LogP contribution in [-0.4, -0.2) is 37.2 Å². The first-order chi connectivity index (χ1) is 28.0. The fourth-order valence-electron chi connectivity index (χ4n) is 7.14. The molecule has 0 aromatic heterocycles. The molecule has 0 saturated heterocycles. The Kier molecular flexibility index (Phi) is 44.9. The Morgan fingerprint density at radius 2 is 0.579 bits per heavy atom. The van der Waals surface area contributed by atoms with Gasteiger partial charge in [-0.1, -0.05) is 199 Å². The molecule has 0 rings (SSSR count). The van der Waals surface area contributed by atoms with Gasteiger partial charge in [-0.25, -0.2) is 0 Å². The van der Waals surface area contributed by atoms with Crippen LogP contribution in [0.5, 0.6) is 0 Å². The van der Waals surface area contributed by atoms with Crippen molar-refractivity contribution < 1.29 is 28.6 Å². The van der Waals surface area contributed by atoms with E-state index in [1.165, 1.54) is 154 Å². The first-order valence-electron chi connectivity index (χ1n) is 24.8. The van der Waals surface area contributed by atoms with Crippen molar-refractivity contribution in [2.75, 3.05) is 13.2 Å². The smallest absolute Gasteiger partial charge is 0.306 e. The second kappa shape index (κ2) is 46.6. The zero-order valence-corrected chi connectivity index (χ0v) is 38.1. The van der Waals surface area contributed by atoms with E-state index < -0.39 is 6.10 Å². The molecule has 0 amide bonds. The maximum atomic E-state index is 12.7. The number of unbranched alkanes of at least 4 members (excludes halogenated alkanes) is 30. The summed E-state index contributed by atoms with van der Waals surface area (Å²) in [5, 5.41) is 0. The first kappa shape index (κ1) is 54.9. The minimum Gasteiger partial charge on any atom is -0.462 e. The van der Waals surface area contributed by atoms with E-state index >= 15 is 0 Å². The van der Waals surface area contributed by atoms with E-state index in [2.05, 4.69) is 45.1 Å². The van der Waals surface area contributed by atoms with Gasteiger partial charge in [-0.2, -0.15) is 0 Å². The van der Waals surface area contributed by atoms with Gasteiger partial charge in [0.15, 0.2) is 6.10 Å². The lowest BCUT2D eigenvalue weighted by Gasteiger charge is -2.18. The lowest BCUT2D eigenvalue weighted by Crippen LogP contribution is -2.30. The van der Waals surface area contributed by atoms with Crippen LogP contribution in [0.1, 0.15) is 265 Å². The van der Waals surface area contributed by atoms with Crippen molar-refractivity contribution in [3.63, 3.8) is 0 Å². The molecule has 0 unspecified atom stereocenters. The van der Waals surface area contributed by atoms with Gasteiger partial charge in [0.2, 0.25) is 0 Å². The highest BCUT2D eigenvalue weighted by molar-refractivity contribution is 5.71. The molecule has 6 nitrogen and oxygen atoms in total. The molecule has 0 aliphatic rings. The van der Waals surface area contributed by atoms with E-state index in [-0.39, 0.29) is 31.1 Å². The normalized spacial score (nSPS) is 12.1. The van der Waals surface area contributed by atoms with Crippen LogP contribution in [0.2, 0.25) is 0 Å². The molecule has 0 N–H and O–H groups in total. The molecular formula is C51H94O6. The largest absolute Gasteiger partial charge is 0.462 e. The highest BCUT2D eigenvalue weighted by Gasteiger charge is 2.19. The van der Waals surface area contributed by atoms with Crippen LogP contribution >= 0.6 is 0 Å². The number of carbonyl (C=O) groups is 3. The number of esters is 3. The van der Waals surface area contributed by atoms with Gasteiger partial charge in [0.1, 0.15) is 13.2 Å². The van der Waals surface area contributed by atoms with Crippen LogP contribution in [-0.2, 0) is 28.6 Å². The number of carbonyl (C=O) groups excluding carboxylic acids is 3. The van der Waals surface area contributed by atoms with Gasteiger partial charge in [0.05, 0.1) is 0 Å². The fraction of sp³-hybridized carbons (Fsp3) is 0.863. The molecule has 0 bridgehead atoms. The van der Waals surface area contributed by atoms with Gasteiger partial charge in [-0.05, 0) is 70.6 Å². The SMILES string of the molecule is CCCCC/C=C\CCCCCCCC(=O)O[C@@H](COC(=O)CCCCCCC/C=C\CCCCCCCCC)COC(=O)CCCCCCCCCCCCC. The van der Waals surface area contributed by atoms with Gasteiger partial charge in [0, 0.05) is 19.3 Å². The molecule has 0 radical (unpaired) electrons. The minimum absolute atomic E-state index is 0.0741. The average Bonchev–Trinajstić information content (AvgIpc) is 3.21. The number of rotatable bonds is 45. The second-order valence-corrected chi connectivity index (χ2v) is 16.7. The summed E-state index contributed by atoms with van der Waals surface area (Å²) in [7, 11) is 0. The minimum atomic E-state index is -0.773. The van der Waals surface area contributed by atoms with Gasteiger partial charge in [-0.3, -0.25) is 14.4 Å². The first-order valence-corrected chi connectivity index (χ1v) is 24.8. The van der Waals surface area contributed by atoms with E-state index in [1.54, 1.807) is 0 Å². The molecule has 6 heteroatoms. The molecule has 0 aromatic carbocycles. The lowest BCUT2D eigenvalue weighted by atomic mass is 10.1. The number of hydrogen-bond donors (Lipinski definition) is 0. The molecule has 0 aliphatic carbocycles. The summed E-state index contributed by atoms with van der Waals surface area (Å²) in [5.41, 5.74) is 0. The predicted molar refractivity (Wildman–Crippen MR) is 243 cm³/mol. The van der Waals surface area contributed by atoms with E-state index in [0.717, 1.165) is 70.6 Å². The molecule has 0 aromatic rings. The van der Waals surface area contributed by atoms with Gasteiger partial charge in [-0.15, -0.1) is 0 Å². The van der Waals surface area contributed by atoms with E-state index in [9.17, 15) is 14.4 Å². The van der Waals surface area contributed by atoms with Crippen LogP contribution in [0.3, 0.4) is 0 Å². The topological polar surface area (TPSA) is 78.9 Å². The van der Waals surface area contributed by atoms with Crippen LogP contribution in [0.4, 0.5) is 0 Å². The van der Waals surface area contributed by atoms with Gasteiger partial charge >= 0.3 is 17.9 Å². The van der Waals surface area contributed by atoms with Crippen molar-refractivity contribution in [2.24, 2.45) is 0 Å². The number of allylic oxidation sites excluding steroid dienone is 4. The molecule has 57 heavy (non-hydrogen) atoms. The summed E-state index contributed by atoms with van der Waals surface area (Å²) in [4.78, 5) is 37.8. The summed E-state index contributed by atoms with van der Waals surface area (Å²) in [6.45, 7) is 6.60. The summed E-state index contributed by atoms with van der Waals surface area (Å²) < 4.78 is 16.7. The summed E-state index contributed by atoms with van der Waals surface area (Å²) in [5.74, 6) is -0.884. The van der Waals surface area contributed by atoms with Crippen molar-refractivity contribution >= 4 is 17.9 Å². The Morgan fingerprint density at radius 3 is 0.912 bits per heavy atom. The quantitative estimate of drug-likeness (QED) is 0.0264. The van der Waals surface area contributed by atoms with E-state index in [1.807, 2.05) is 0 Å². The van der Waals surface area contributed by atoms with E-state index in [0.29, 0.717) is 19.3 Å². The Balaban J connectivity index is 4.34. The van der Waals surface area contributed by atoms with Crippen molar-refractivity contribution in [3.05, 3.63) is 24.3 Å². The third-order valence-electron chi connectivity index (χ3n) is 10.9. The molecule has 0 spiro atoms. The van der Waals surface area contributed by atoms with Crippen molar-refractivity contribution in [1.29, 1.82) is 0 Å². The lowest BCUT2D eigenvalue weighted by molar-refractivity contribution is -0.167. The summed E-state index contributed by atoms with van der Waals surface area (Å²) in [6.07, 6.45) is 51.6. The zero-order chi connectivity index (χ0) is 41.5. The van der Waals surface area contributed by atoms with E-state index in [4.69, 9.17) is 14.2 Å². The number of hydrogen-bond acceptors (Lipinski definition) is 6. The van der Waals surface area contributed by atoms with Crippen LogP contribution < -0.4 is 0 Å². The Morgan fingerprint density at radius 1 is 0.333 bits per heavy atom. The monoisotopic (exact) mass is 803 g/mol. The molecular weight excluding hydrogens is 709 g/mol.